The maximum absolute atomic E-state index is 11.4. The Bertz CT molecular complexity index is 943. The number of methoxy groups -OCH3 is 1. The van der Waals surface area contributed by atoms with Crippen molar-refractivity contribution in [3.63, 3.8) is 0 Å². The number of amides is 1. The maximum atomic E-state index is 11.4. The van der Waals surface area contributed by atoms with Crippen molar-refractivity contribution in [1.82, 2.24) is 20.3 Å². The minimum absolute atomic E-state index is 0.0172. The molecule has 2 N–H and O–H groups in total. The molecule has 0 aliphatic carbocycles. The predicted molar refractivity (Wildman–Crippen MR) is 99.5 cm³/mol. The molecule has 132 valence electrons. The number of thiazole rings is 1. The number of ether oxygens (including phenoxy) is 1. The van der Waals surface area contributed by atoms with Gasteiger partial charge in [-0.25, -0.2) is 15.0 Å². The number of anilines is 2. The Morgan fingerprint density at radius 2 is 2.19 bits per heavy atom. The van der Waals surface area contributed by atoms with Crippen LogP contribution in [0.4, 0.5) is 11.6 Å². The van der Waals surface area contributed by atoms with Gasteiger partial charge in [0.05, 0.1) is 23.7 Å². The molecule has 1 atom stereocenters. The lowest BCUT2D eigenvalue weighted by Gasteiger charge is -2.07. The summed E-state index contributed by atoms with van der Waals surface area (Å²) in [5, 5.41) is 7.04. The van der Waals surface area contributed by atoms with Crippen LogP contribution in [0.1, 0.15) is 23.9 Å². The van der Waals surface area contributed by atoms with Crippen LogP contribution >= 0.6 is 11.3 Å². The molecule has 3 aromatic rings. The lowest BCUT2D eigenvalue weighted by molar-refractivity contribution is -0.119. The van der Waals surface area contributed by atoms with E-state index in [9.17, 15) is 4.79 Å². The van der Waals surface area contributed by atoms with Gasteiger partial charge in [-0.1, -0.05) is 6.07 Å². The second-order valence-electron chi connectivity index (χ2n) is 5.84. The molecule has 1 unspecified atom stereocenters. The third kappa shape index (κ3) is 3.50. The van der Waals surface area contributed by atoms with Gasteiger partial charge in [-0.15, -0.1) is 11.3 Å². The van der Waals surface area contributed by atoms with Crippen molar-refractivity contribution in [2.24, 2.45) is 0 Å². The zero-order valence-electron chi connectivity index (χ0n) is 14.1. The van der Waals surface area contributed by atoms with Crippen LogP contribution in [0.3, 0.4) is 0 Å². The second-order valence-corrected chi connectivity index (χ2v) is 6.90. The Morgan fingerprint density at radius 1 is 1.27 bits per heavy atom. The van der Waals surface area contributed by atoms with E-state index in [0.29, 0.717) is 18.1 Å². The zero-order chi connectivity index (χ0) is 17.9. The molecule has 1 aliphatic rings. The Balaban J connectivity index is 1.54. The highest BCUT2D eigenvalue weighted by atomic mass is 32.1. The first-order valence-corrected chi connectivity index (χ1v) is 9.02. The molecule has 7 nitrogen and oxygen atoms in total. The highest BCUT2D eigenvalue weighted by Crippen LogP contribution is 2.32. The van der Waals surface area contributed by atoms with Gasteiger partial charge >= 0.3 is 0 Å². The Kier molecular flexibility index (Phi) is 4.49. The lowest BCUT2D eigenvalue weighted by atomic mass is 10.2. The molecule has 0 aromatic carbocycles. The van der Waals surface area contributed by atoms with Gasteiger partial charge in [0.25, 0.3) is 0 Å². The van der Waals surface area contributed by atoms with Crippen molar-refractivity contribution < 1.29 is 9.53 Å². The van der Waals surface area contributed by atoms with E-state index in [1.54, 1.807) is 36.9 Å². The summed E-state index contributed by atoms with van der Waals surface area (Å²) < 4.78 is 5.21. The molecule has 0 bridgehead atoms. The lowest BCUT2D eigenvalue weighted by Crippen LogP contribution is -2.17. The van der Waals surface area contributed by atoms with E-state index in [1.165, 1.54) is 0 Å². The third-order valence-electron chi connectivity index (χ3n) is 4.04. The molecule has 1 amide bonds. The van der Waals surface area contributed by atoms with Gasteiger partial charge in [-0.05, 0) is 24.6 Å². The molecule has 4 heterocycles. The Labute approximate surface area is 154 Å². The van der Waals surface area contributed by atoms with E-state index in [-0.39, 0.29) is 11.9 Å². The van der Waals surface area contributed by atoms with Crippen molar-refractivity contribution >= 4 is 28.9 Å². The number of aromatic nitrogens is 3. The number of hydrogen-bond donors (Lipinski definition) is 2. The summed E-state index contributed by atoms with van der Waals surface area (Å²) in [4.78, 5) is 25.7. The van der Waals surface area contributed by atoms with Gasteiger partial charge < -0.3 is 15.4 Å². The van der Waals surface area contributed by atoms with Gasteiger partial charge in [0, 0.05) is 24.9 Å². The number of carbonyl (C=O) groups excluding carboxylic acids is 1. The SMILES string of the molecule is COc1ccnc(Nc2cccc(-c3cnc(C4CCC(=O)N4)s3)n2)c1. The summed E-state index contributed by atoms with van der Waals surface area (Å²) in [5.41, 5.74) is 0.825. The van der Waals surface area contributed by atoms with Crippen LogP contribution in [-0.4, -0.2) is 28.0 Å². The molecule has 0 radical (unpaired) electrons. The number of rotatable bonds is 5. The quantitative estimate of drug-likeness (QED) is 0.719. The van der Waals surface area contributed by atoms with Crippen molar-refractivity contribution in [3.05, 3.63) is 47.7 Å². The van der Waals surface area contributed by atoms with Crippen LogP contribution < -0.4 is 15.4 Å². The fourth-order valence-corrected chi connectivity index (χ4v) is 3.72. The first-order chi connectivity index (χ1) is 12.7. The maximum Gasteiger partial charge on any atom is 0.220 e. The highest BCUT2D eigenvalue weighted by molar-refractivity contribution is 7.15. The summed E-state index contributed by atoms with van der Waals surface area (Å²) >= 11 is 1.55. The summed E-state index contributed by atoms with van der Waals surface area (Å²) in [7, 11) is 1.62. The molecule has 1 fully saturated rings. The molecule has 1 aliphatic heterocycles. The molecule has 4 rings (SSSR count). The monoisotopic (exact) mass is 367 g/mol. The Morgan fingerprint density at radius 3 is 3.00 bits per heavy atom. The van der Waals surface area contributed by atoms with Crippen LogP contribution in [0.2, 0.25) is 0 Å². The number of pyridine rings is 2. The summed E-state index contributed by atoms with van der Waals surface area (Å²) in [6.07, 6.45) is 4.84. The molecular weight excluding hydrogens is 350 g/mol. The standard InChI is InChI=1S/C18H17N5O2S/c1-25-11-7-8-19-16(9-11)23-15-4-2-3-12(21-15)14-10-20-18(26-14)13-5-6-17(24)22-13/h2-4,7-10,13H,5-6H2,1H3,(H,22,24)(H,19,21,23). The average Bonchev–Trinajstić information content (AvgIpc) is 3.31. The number of hydrogen-bond acceptors (Lipinski definition) is 7. The minimum atomic E-state index is 0.0172. The van der Waals surface area contributed by atoms with Crippen molar-refractivity contribution in [2.45, 2.75) is 18.9 Å². The second kappa shape index (κ2) is 7.09. The fourth-order valence-electron chi connectivity index (χ4n) is 2.75. The average molecular weight is 367 g/mol. The van der Waals surface area contributed by atoms with Gasteiger partial charge in [-0.2, -0.15) is 0 Å². The molecular formula is C18H17N5O2S. The third-order valence-corrected chi connectivity index (χ3v) is 5.18. The van der Waals surface area contributed by atoms with Crippen molar-refractivity contribution in [2.75, 3.05) is 12.4 Å². The highest BCUT2D eigenvalue weighted by Gasteiger charge is 2.25. The van der Waals surface area contributed by atoms with Gasteiger partial charge in [0.2, 0.25) is 5.91 Å². The van der Waals surface area contributed by atoms with Gasteiger partial charge in [0.1, 0.15) is 22.4 Å². The van der Waals surface area contributed by atoms with Crippen molar-refractivity contribution in [1.29, 1.82) is 0 Å². The zero-order valence-corrected chi connectivity index (χ0v) is 14.9. The van der Waals surface area contributed by atoms with E-state index >= 15 is 0 Å². The van der Waals surface area contributed by atoms with Crippen molar-refractivity contribution in [3.8, 4) is 16.3 Å². The van der Waals surface area contributed by atoms with Crippen LogP contribution in [0.15, 0.2) is 42.7 Å². The number of carbonyl (C=O) groups is 1. The summed E-state index contributed by atoms with van der Waals surface area (Å²) in [5.74, 6) is 2.16. The van der Waals surface area contributed by atoms with E-state index in [1.807, 2.05) is 24.3 Å². The largest absolute Gasteiger partial charge is 0.497 e. The predicted octanol–water partition coefficient (Wildman–Crippen LogP) is 3.30. The molecule has 0 spiro atoms. The van der Waals surface area contributed by atoms with E-state index in [4.69, 9.17) is 4.74 Å². The van der Waals surface area contributed by atoms with Crippen LogP contribution in [-0.2, 0) is 4.79 Å². The summed E-state index contributed by atoms with van der Waals surface area (Å²) in [6.45, 7) is 0. The number of nitrogens with zero attached hydrogens (tertiary/aromatic N) is 3. The van der Waals surface area contributed by atoms with E-state index in [0.717, 1.165) is 27.7 Å². The number of nitrogens with one attached hydrogen (secondary N) is 2. The van der Waals surface area contributed by atoms with E-state index in [2.05, 4.69) is 25.6 Å². The first-order valence-electron chi connectivity index (χ1n) is 8.21. The fraction of sp³-hybridized carbons (Fsp3) is 0.222. The van der Waals surface area contributed by atoms with Crippen LogP contribution in [0.25, 0.3) is 10.6 Å². The topological polar surface area (TPSA) is 89.0 Å². The normalized spacial score (nSPS) is 16.3. The first kappa shape index (κ1) is 16.5. The smallest absolute Gasteiger partial charge is 0.220 e. The molecule has 0 saturated carbocycles. The van der Waals surface area contributed by atoms with E-state index < -0.39 is 0 Å². The van der Waals surface area contributed by atoms with Crippen LogP contribution in [0.5, 0.6) is 5.75 Å². The molecule has 26 heavy (non-hydrogen) atoms. The van der Waals surface area contributed by atoms with Crippen LogP contribution in [0, 0.1) is 0 Å². The minimum Gasteiger partial charge on any atom is -0.497 e. The Hall–Kier alpha value is -3.00. The summed E-state index contributed by atoms with van der Waals surface area (Å²) in [6, 6.07) is 9.36. The molecule has 3 aromatic heterocycles. The molecule has 8 heteroatoms. The molecule has 1 saturated heterocycles. The van der Waals surface area contributed by atoms with Gasteiger partial charge in [-0.3, -0.25) is 4.79 Å². The van der Waals surface area contributed by atoms with Gasteiger partial charge in [0.15, 0.2) is 0 Å².